The maximum Gasteiger partial charge on any atom is 1.00 e. The Hall–Kier alpha value is -3.38. The number of primary amides is 1. The molecule has 272 valence electrons. The molecule has 1 aromatic carbocycles. The first kappa shape index (κ1) is 43.8. The monoisotopic (exact) mass is 714 g/mol. The number of unbranched alkanes of at least 4 members (excludes halogenated alkanes) is 11. The van der Waals surface area contributed by atoms with Gasteiger partial charge in [-0.1, -0.05) is 69.2 Å². The Morgan fingerprint density at radius 2 is 1.53 bits per heavy atom. The van der Waals surface area contributed by atoms with Gasteiger partial charge in [0, 0.05) is 25.8 Å². The van der Waals surface area contributed by atoms with Gasteiger partial charge < -0.3 is 25.7 Å². The molecule has 0 atom stereocenters. The predicted molar refractivity (Wildman–Crippen MR) is 191 cm³/mol. The van der Waals surface area contributed by atoms with Crippen molar-refractivity contribution in [1.82, 2.24) is 14.9 Å². The quantitative estimate of drug-likeness (QED) is 0.0775. The minimum atomic E-state index is -0.965. The number of carboxylic acids is 1. The maximum absolute atomic E-state index is 13.9. The van der Waals surface area contributed by atoms with E-state index >= 15 is 0 Å². The SMILES string of the molecule is COCCNC(=O)c1c(CCCCCCCC/C=C\CCCCCCCC(=O)[O-])c2ncc(Cc3ccc(F)cc3)cc2n(CC(N)=O)c1=O.[Na+]. The van der Waals surface area contributed by atoms with Crippen molar-refractivity contribution in [2.45, 2.75) is 109 Å². The van der Waals surface area contributed by atoms with Gasteiger partial charge in [-0.15, -0.1) is 0 Å². The normalized spacial score (nSPS) is 11.2. The third-order valence-electron chi connectivity index (χ3n) is 8.68. The van der Waals surface area contributed by atoms with Gasteiger partial charge in [-0.3, -0.25) is 23.9 Å². The Balaban J connectivity index is 0.00000901. The number of pyridine rings is 2. The first-order chi connectivity index (χ1) is 24.2. The molecule has 0 radical (unpaired) electrons. The molecular formula is C39H52FN4NaO6. The number of allylic oxidation sites excluding steroid dienone is 2. The fourth-order valence-corrected chi connectivity index (χ4v) is 6.07. The summed E-state index contributed by atoms with van der Waals surface area (Å²) in [6.45, 7) is 0.0931. The zero-order valence-electron chi connectivity index (χ0n) is 30.4. The standard InChI is InChI=1S/C39H53FN4O6.Na/c1-50-24-23-42-38(48)36-32(17-15-13-11-9-7-5-3-2-4-6-8-10-12-14-16-18-35(46)47)37-33(44(39(36)49)28-34(41)45)26-30(27-43-37)25-29-19-21-31(40)22-20-29;/h2,4,19-22,26-27H,3,5-18,23-25,28H2,1H3,(H2,41,45)(H,42,48)(H,46,47);/q;+1/p-1/b4-2-;. The molecule has 10 nitrogen and oxygen atoms in total. The van der Waals surface area contributed by atoms with Gasteiger partial charge in [-0.05, 0) is 92.7 Å². The molecular weight excluding hydrogens is 662 g/mol. The minimum absolute atomic E-state index is 0. The first-order valence-corrected chi connectivity index (χ1v) is 17.9. The summed E-state index contributed by atoms with van der Waals surface area (Å²) in [7, 11) is 1.52. The van der Waals surface area contributed by atoms with Crippen LogP contribution in [0.25, 0.3) is 11.0 Å². The third-order valence-corrected chi connectivity index (χ3v) is 8.68. The van der Waals surface area contributed by atoms with Crippen molar-refractivity contribution in [3.05, 3.63) is 87.1 Å². The van der Waals surface area contributed by atoms with Gasteiger partial charge in [0.15, 0.2) is 0 Å². The van der Waals surface area contributed by atoms with E-state index in [-0.39, 0.29) is 60.5 Å². The van der Waals surface area contributed by atoms with Crippen LogP contribution in [0.3, 0.4) is 0 Å². The molecule has 2 aromatic heterocycles. The molecule has 0 unspecified atom stereocenters. The molecule has 3 N–H and O–H groups in total. The van der Waals surface area contributed by atoms with Crippen molar-refractivity contribution in [3.8, 4) is 0 Å². The van der Waals surface area contributed by atoms with Crippen LogP contribution >= 0.6 is 0 Å². The number of carboxylic acid groups (broad SMARTS) is 1. The molecule has 0 aliphatic carbocycles. The molecule has 0 aliphatic heterocycles. The average molecular weight is 715 g/mol. The van der Waals surface area contributed by atoms with E-state index in [4.69, 9.17) is 15.5 Å². The first-order valence-electron chi connectivity index (χ1n) is 17.9. The van der Waals surface area contributed by atoms with Crippen molar-refractivity contribution >= 4 is 28.8 Å². The molecule has 3 aromatic rings. The number of aliphatic carboxylic acids is 1. The minimum Gasteiger partial charge on any atom is -0.550 e. The Labute approximate surface area is 322 Å². The second kappa shape index (κ2) is 24.7. The number of nitrogens with two attached hydrogens (primary N) is 1. The largest absolute Gasteiger partial charge is 1.00 e. The molecule has 0 bridgehead atoms. The van der Waals surface area contributed by atoms with Crippen LogP contribution in [0.4, 0.5) is 4.39 Å². The average Bonchev–Trinajstić information content (AvgIpc) is 3.08. The summed E-state index contributed by atoms with van der Waals surface area (Å²) in [5, 5.41) is 13.2. The summed E-state index contributed by atoms with van der Waals surface area (Å²) in [6.07, 6.45) is 20.4. The van der Waals surface area contributed by atoms with E-state index in [0.29, 0.717) is 35.9 Å². The summed E-state index contributed by atoms with van der Waals surface area (Å²) in [4.78, 5) is 54.5. The van der Waals surface area contributed by atoms with Gasteiger partial charge in [-0.2, -0.15) is 0 Å². The van der Waals surface area contributed by atoms with E-state index in [2.05, 4.69) is 17.5 Å². The van der Waals surface area contributed by atoms with Gasteiger partial charge in [0.1, 0.15) is 17.9 Å². The number of ether oxygens (including phenoxy) is 1. The number of amides is 2. The van der Waals surface area contributed by atoms with Gasteiger partial charge in [0.25, 0.3) is 11.5 Å². The molecule has 0 fully saturated rings. The summed E-state index contributed by atoms with van der Waals surface area (Å²) >= 11 is 0. The second-order valence-corrected chi connectivity index (χ2v) is 12.8. The van der Waals surface area contributed by atoms with Crippen molar-refractivity contribution in [2.24, 2.45) is 5.73 Å². The van der Waals surface area contributed by atoms with Crippen LogP contribution < -0.4 is 51.3 Å². The van der Waals surface area contributed by atoms with Crippen LogP contribution in [0.15, 0.2) is 53.5 Å². The number of fused-ring (bicyclic) bond motifs is 1. The number of methoxy groups -OCH3 is 1. The number of carbonyl (C=O) groups excluding carboxylic acids is 3. The van der Waals surface area contributed by atoms with Crippen LogP contribution in [0, 0.1) is 5.82 Å². The van der Waals surface area contributed by atoms with E-state index in [0.717, 1.165) is 88.2 Å². The van der Waals surface area contributed by atoms with E-state index in [1.54, 1.807) is 24.4 Å². The Kier molecular flexibility index (Phi) is 21.2. The molecule has 0 aliphatic rings. The van der Waals surface area contributed by atoms with E-state index in [1.165, 1.54) is 23.8 Å². The zero-order chi connectivity index (χ0) is 36.1. The zero-order valence-corrected chi connectivity index (χ0v) is 32.4. The predicted octanol–water partition coefficient (Wildman–Crippen LogP) is 2.30. The number of carbonyl (C=O) groups is 3. The Bertz CT molecular complexity index is 1630. The van der Waals surface area contributed by atoms with E-state index in [9.17, 15) is 28.7 Å². The Morgan fingerprint density at radius 1 is 0.922 bits per heavy atom. The fraction of sp³-hybridized carbons (Fsp3) is 0.513. The number of benzene rings is 1. The van der Waals surface area contributed by atoms with Gasteiger partial charge in [0.05, 0.1) is 17.6 Å². The van der Waals surface area contributed by atoms with Crippen LogP contribution in [-0.4, -0.2) is 47.6 Å². The summed E-state index contributed by atoms with van der Waals surface area (Å²) < 4.78 is 19.8. The smallest absolute Gasteiger partial charge is 0.550 e. The summed E-state index contributed by atoms with van der Waals surface area (Å²) in [5.41, 5.74) is 8.00. The molecule has 12 heteroatoms. The number of aromatic nitrogens is 2. The molecule has 0 spiro atoms. The van der Waals surface area contributed by atoms with Gasteiger partial charge in [-0.25, -0.2) is 4.39 Å². The number of hydrogen-bond acceptors (Lipinski definition) is 7. The van der Waals surface area contributed by atoms with Crippen LogP contribution in [-0.2, 0) is 33.7 Å². The fourth-order valence-electron chi connectivity index (χ4n) is 6.07. The van der Waals surface area contributed by atoms with Crippen molar-refractivity contribution in [2.75, 3.05) is 20.3 Å². The number of aryl methyl sites for hydroxylation is 1. The second-order valence-electron chi connectivity index (χ2n) is 12.8. The molecule has 51 heavy (non-hydrogen) atoms. The van der Waals surface area contributed by atoms with Crippen LogP contribution in [0.2, 0.25) is 0 Å². The van der Waals surface area contributed by atoms with Gasteiger partial charge >= 0.3 is 29.6 Å². The van der Waals surface area contributed by atoms with Gasteiger partial charge in [0.2, 0.25) is 5.91 Å². The number of hydrogen-bond donors (Lipinski definition) is 2. The third kappa shape index (κ3) is 15.8. The Morgan fingerprint density at radius 3 is 2.14 bits per heavy atom. The number of nitrogens with one attached hydrogen (secondary N) is 1. The van der Waals surface area contributed by atoms with E-state index in [1.807, 2.05) is 0 Å². The topological polar surface area (TPSA) is 156 Å². The molecule has 2 heterocycles. The van der Waals surface area contributed by atoms with Crippen molar-refractivity contribution in [1.29, 1.82) is 0 Å². The number of nitrogens with zero attached hydrogens (tertiary/aromatic N) is 2. The molecule has 3 rings (SSSR count). The summed E-state index contributed by atoms with van der Waals surface area (Å²) in [5.74, 6) is -2.56. The van der Waals surface area contributed by atoms with E-state index < -0.39 is 29.9 Å². The summed E-state index contributed by atoms with van der Waals surface area (Å²) in [6, 6.07) is 7.93. The molecule has 0 saturated carbocycles. The number of rotatable bonds is 25. The molecule has 2 amide bonds. The molecule has 0 saturated heterocycles. The number of halogens is 1. The maximum atomic E-state index is 13.9. The van der Waals surface area contributed by atoms with Crippen molar-refractivity contribution in [3.63, 3.8) is 0 Å². The van der Waals surface area contributed by atoms with Crippen molar-refractivity contribution < 1.29 is 58.2 Å². The van der Waals surface area contributed by atoms with Crippen LogP contribution in [0.1, 0.15) is 117 Å². The van der Waals surface area contributed by atoms with Crippen LogP contribution in [0.5, 0.6) is 0 Å².